The molecule has 0 radical (unpaired) electrons. The summed E-state index contributed by atoms with van der Waals surface area (Å²) in [5.74, 6) is -0.248. The molecule has 1 aromatic carbocycles. The van der Waals surface area contributed by atoms with Crippen molar-refractivity contribution in [1.82, 2.24) is 10.3 Å². The third kappa shape index (κ3) is 1.86. The van der Waals surface area contributed by atoms with E-state index >= 15 is 0 Å². The van der Waals surface area contributed by atoms with Crippen LogP contribution in [0.3, 0.4) is 0 Å². The van der Waals surface area contributed by atoms with E-state index in [-0.39, 0.29) is 17.6 Å². The first-order valence-electron chi connectivity index (χ1n) is 6.53. The second-order valence-corrected chi connectivity index (χ2v) is 5.75. The van der Waals surface area contributed by atoms with Crippen LogP contribution in [0, 0.1) is 0 Å². The van der Waals surface area contributed by atoms with Gasteiger partial charge in [-0.1, -0.05) is 30.1 Å². The van der Waals surface area contributed by atoms with Gasteiger partial charge in [0.15, 0.2) is 0 Å². The molecule has 2 heterocycles. The molecule has 0 fully saturated rings. The zero-order valence-electron chi connectivity index (χ0n) is 10.9. The molecule has 0 aliphatic carbocycles. The Balaban J connectivity index is 2.38. The molecule has 1 amide bonds. The fourth-order valence-corrected chi connectivity index (χ4v) is 3.30. The van der Waals surface area contributed by atoms with Gasteiger partial charge in [-0.3, -0.25) is 4.79 Å². The first-order chi connectivity index (χ1) is 9.54. The number of phenolic OH excluding ortho intramolecular Hbond substituents is 1. The van der Waals surface area contributed by atoms with E-state index in [1.165, 1.54) is 6.07 Å². The Kier molecular flexibility index (Phi) is 3.30. The van der Waals surface area contributed by atoms with Crippen LogP contribution in [0.5, 0.6) is 5.75 Å². The van der Waals surface area contributed by atoms with Gasteiger partial charge in [-0.05, 0) is 12.0 Å². The number of fused-ring (bicyclic) bond motifs is 3. The van der Waals surface area contributed by atoms with E-state index < -0.39 is 0 Å². The van der Waals surface area contributed by atoms with Crippen LogP contribution in [-0.4, -0.2) is 22.5 Å². The zero-order valence-corrected chi connectivity index (χ0v) is 12.4. The number of rotatable bonds is 1. The number of halogens is 2. The Morgan fingerprint density at radius 2 is 2.20 bits per heavy atom. The lowest BCUT2D eigenvalue weighted by Gasteiger charge is -2.13. The molecule has 0 saturated heterocycles. The molecule has 3 N–H and O–H groups in total. The molecule has 1 aliphatic heterocycles. The number of aromatic hydroxyl groups is 1. The molecule has 1 aromatic heterocycles. The third-order valence-electron chi connectivity index (χ3n) is 3.82. The Morgan fingerprint density at radius 1 is 1.45 bits per heavy atom. The summed E-state index contributed by atoms with van der Waals surface area (Å²) in [6.07, 6.45) is 1.34. The van der Waals surface area contributed by atoms with Crippen molar-refractivity contribution in [2.45, 2.75) is 25.7 Å². The molecular weight excluding hydrogens is 299 g/mol. The molecule has 0 saturated carbocycles. The van der Waals surface area contributed by atoms with Crippen molar-refractivity contribution in [3.05, 3.63) is 27.4 Å². The largest absolute Gasteiger partial charge is 0.507 e. The fraction of sp³-hybridized carbons (Fsp3) is 0.357. The van der Waals surface area contributed by atoms with Crippen molar-refractivity contribution in [3.63, 3.8) is 0 Å². The summed E-state index contributed by atoms with van der Waals surface area (Å²) in [6, 6.07) is 1.43. The minimum Gasteiger partial charge on any atom is -0.507 e. The number of hydrogen-bond acceptors (Lipinski definition) is 2. The topological polar surface area (TPSA) is 65.1 Å². The molecule has 4 nitrogen and oxygen atoms in total. The van der Waals surface area contributed by atoms with Crippen LogP contribution in [0.1, 0.15) is 30.5 Å². The van der Waals surface area contributed by atoms with Gasteiger partial charge in [0.25, 0.3) is 0 Å². The monoisotopic (exact) mass is 312 g/mol. The van der Waals surface area contributed by atoms with E-state index in [2.05, 4.69) is 10.3 Å². The predicted molar refractivity (Wildman–Crippen MR) is 79.7 cm³/mol. The summed E-state index contributed by atoms with van der Waals surface area (Å²) in [5.41, 5.74) is 2.38. The molecule has 6 heteroatoms. The first-order valence-corrected chi connectivity index (χ1v) is 7.29. The Bertz CT molecular complexity index is 709. The van der Waals surface area contributed by atoms with Crippen molar-refractivity contribution in [2.75, 3.05) is 6.54 Å². The molecule has 1 atom stereocenters. The number of benzene rings is 1. The van der Waals surface area contributed by atoms with Crippen molar-refractivity contribution in [3.8, 4) is 5.75 Å². The highest BCUT2D eigenvalue weighted by atomic mass is 35.5. The van der Waals surface area contributed by atoms with Crippen LogP contribution in [0.4, 0.5) is 0 Å². The predicted octanol–water partition coefficient (Wildman–Crippen LogP) is 3.35. The fourth-order valence-electron chi connectivity index (χ4n) is 2.91. The van der Waals surface area contributed by atoms with E-state index in [9.17, 15) is 9.90 Å². The van der Waals surface area contributed by atoms with E-state index in [0.717, 1.165) is 11.3 Å². The lowest BCUT2D eigenvalue weighted by Crippen LogP contribution is -2.28. The highest BCUT2D eigenvalue weighted by molar-refractivity contribution is 6.45. The Labute approximate surface area is 126 Å². The minimum atomic E-state index is -0.288. The average Bonchev–Trinajstić information content (AvgIpc) is 2.70. The van der Waals surface area contributed by atoms with Gasteiger partial charge in [-0.25, -0.2) is 0 Å². The number of carbonyl (C=O) groups is 1. The molecule has 3 rings (SSSR count). The van der Waals surface area contributed by atoms with Crippen LogP contribution >= 0.6 is 23.2 Å². The van der Waals surface area contributed by atoms with Crippen molar-refractivity contribution in [2.24, 2.45) is 0 Å². The molecule has 0 spiro atoms. The summed E-state index contributed by atoms with van der Waals surface area (Å²) in [6.45, 7) is 2.52. The summed E-state index contributed by atoms with van der Waals surface area (Å²) < 4.78 is 0. The molecule has 0 bridgehead atoms. The van der Waals surface area contributed by atoms with Gasteiger partial charge in [-0.15, -0.1) is 0 Å². The number of aromatic nitrogens is 1. The SMILES string of the molecule is CCC1C(=O)NCCc2[nH]c3c(Cl)c(Cl)cc(O)c3c21. The molecule has 1 unspecified atom stereocenters. The first kappa shape index (κ1) is 13.6. The number of H-pyrrole nitrogens is 1. The van der Waals surface area contributed by atoms with Gasteiger partial charge in [0, 0.05) is 30.1 Å². The molecule has 20 heavy (non-hydrogen) atoms. The molecule has 1 aliphatic rings. The maximum atomic E-state index is 12.1. The van der Waals surface area contributed by atoms with Crippen LogP contribution in [0.15, 0.2) is 6.07 Å². The maximum Gasteiger partial charge on any atom is 0.227 e. The van der Waals surface area contributed by atoms with E-state index in [4.69, 9.17) is 23.2 Å². The number of hydrogen-bond donors (Lipinski definition) is 3. The summed E-state index contributed by atoms with van der Waals surface area (Å²) in [7, 11) is 0. The van der Waals surface area contributed by atoms with Gasteiger partial charge in [0.05, 0.1) is 21.5 Å². The van der Waals surface area contributed by atoms with Crippen molar-refractivity contribution < 1.29 is 9.90 Å². The summed E-state index contributed by atoms with van der Waals surface area (Å²) >= 11 is 12.2. The number of aromatic amines is 1. The highest BCUT2D eigenvalue weighted by Gasteiger charge is 2.30. The van der Waals surface area contributed by atoms with Gasteiger partial charge < -0.3 is 15.4 Å². The number of amides is 1. The number of carbonyl (C=O) groups excluding carboxylic acids is 1. The van der Waals surface area contributed by atoms with Crippen LogP contribution in [-0.2, 0) is 11.2 Å². The average molecular weight is 313 g/mol. The van der Waals surface area contributed by atoms with Gasteiger partial charge >= 0.3 is 0 Å². The lowest BCUT2D eigenvalue weighted by atomic mass is 9.92. The van der Waals surface area contributed by atoms with Crippen LogP contribution < -0.4 is 5.32 Å². The van der Waals surface area contributed by atoms with Crippen molar-refractivity contribution in [1.29, 1.82) is 0 Å². The number of phenols is 1. The Morgan fingerprint density at radius 3 is 2.90 bits per heavy atom. The van der Waals surface area contributed by atoms with Crippen molar-refractivity contribution >= 4 is 40.0 Å². The summed E-state index contributed by atoms with van der Waals surface area (Å²) in [5, 5.41) is 14.4. The molecular formula is C14H14Cl2N2O2. The minimum absolute atomic E-state index is 0.0161. The highest BCUT2D eigenvalue weighted by Crippen LogP contribution is 2.43. The summed E-state index contributed by atoms with van der Waals surface area (Å²) in [4.78, 5) is 15.4. The Hall–Kier alpha value is -1.39. The second-order valence-electron chi connectivity index (χ2n) is 4.96. The smallest absolute Gasteiger partial charge is 0.227 e. The molecule has 106 valence electrons. The van der Waals surface area contributed by atoms with Crippen LogP contribution in [0.2, 0.25) is 10.0 Å². The van der Waals surface area contributed by atoms with Crippen LogP contribution in [0.25, 0.3) is 10.9 Å². The maximum absolute atomic E-state index is 12.1. The standard InChI is InChI=1S/C14H14Cl2N2O2/c1-2-6-10-8(3-4-17-14(6)20)18-13-11(10)9(19)5-7(15)12(13)16/h5-6,18-19H,2-4H2,1H3,(H,17,20). The lowest BCUT2D eigenvalue weighted by molar-refractivity contribution is -0.122. The quantitative estimate of drug-likeness (QED) is 0.756. The van der Waals surface area contributed by atoms with E-state index in [1.807, 2.05) is 6.92 Å². The normalized spacial score (nSPS) is 18.8. The second kappa shape index (κ2) is 4.86. The van der Waals surface area contributed by atoms with E-state index in [0.29, 0.717) is 40.3 Å². The zero-order chi connectivity index (χ0) is 14.4. The van der Waals surface area contributed by atoms with Gasteiger partial charge in [0.2, 0.25) is 5.91 Å². The number of nitrogens with one attached hydrogen (secondary N) is 2. The molecule has 2 aromatic rings. The van der Waals surface area contributed by atoms with E-state index in [1.54, 1.807) is 0 Å². The third-order valence-corrected chi connectivity index (χ3v) is 4.60. The van der Waals surface area contributed by atoms with Gasteiger partial charge in [-0.2, -0.15) is 0 Å². The van der Waals surface area contributed by atoms with Gasteiger partial charge in [0.1, 0.15) is 5.75 Å².